The molecule has 0 bridgehead atoms. The van der Waals surface area contributed by atoms with Crippen LogP contribution in [0.4, 0.5) is 0 Å². The predicted octanol–water partition coefficient (Wildman–Crippen LogP) is 1.94. The van der Waals surface area contributed by atoms with Gasteiger partial charge >= 0.3 is 0 Å². The number of hydrogen-bond donors (Lipinski definition) is 1. The Morgan fingerprint density at radius 3 is 2.50 bits per heavy atom. The van der Waals surface area contributed by atoms with Crippen molar-refractivity contribution in [2.24, 2.45) is 11.8 Å². The lowest BCUT2D eigenvalue weighted by atomic mass is 9.91. The SMILES string of the molecule is CC(C)C(C)C(O)C1=CCCO1. The molecule has 0 fully saturated rings. The molecule has 1 heterocycles. The van der Waals surface area contributed by atoms with Crippen molar-refractivity contribution in [1.82, 2.24) is 0 Å². The van der Waals surface area contributed by atoms with Gasteiger partial charge in [0.05, 0.1) is 6.61 Å². The highest BCUT2D eigenvalue weighted by Gasteiger charge is 2.24. The molecule has 0 amide bonds. The number of hydrogen-bond acceptors (Lipinski definition) is 2. The molecule has 2 unspecified atom stereocenters. The van der Waals surface area contributed by atoms with Crippen molar-refractivity contribution >= 4 is 0 Å². The van der Waals surface area contributed by atoms with Crippen LogP contribution >= 0.6 is 0 Å². The Balaban J connectivity index is 2.51. The number of aliphatic hydroxyl groups excluding tert-OH is 1. The van der Waals surface area contributed by atoms with E-state index in [1.54, 1.807) is 0 Å². The van der Waals surface area contributed by atoms with Crippen molar-refractivity contribution < 1.29 is 9.84 Å². The van der Waals surface area contributed by atoms with Gasteiger partial charge in [0.15, 0.2) is 0 Å². The van der Waals surface area contributed by atoms with Crippen LogP contribution in [0.1, 0.15) is 27.2 Å². The minimum Gasteiger partial charge on any atom is -0.495 e. The van der Waals surface area contributed by atoms with Gasteiger partial charge in [-0.25, -0.2) is 0 Å². The van der Waals surface area contributed by atoms with E-state index >= 15 is 0 Å². The van der Waals surface area contributed by atoms with Crippen molar-refractivity contribution in [1.29, 1.82) is 0 Å². The molecule has 0 aromatic carbocycles. The first-order valence-corrected chi connectivity index (χ1v) is 4.64. The van der Waals surface area contributed by atoms with E-state index in [2.05, 4.69) is 20.8 Å². The highest BCUT2D eigenvalue weighted by Crippen LogP contribution is 2.23. The van der Waals surface area contributed by atoms with Gasteiger partial charge in [-0.3, -0.25) is 0 Å². The number of aliphatic hydroxyl groups is 1. The molecule has 12 heavy (non-hydrogen) atoms. The first kappa shape index (κ1) is 9.59. The minimum atomic E-state index is -0.410. The second-order valence-electron chi connectivity index (χ2n) is 3.79. The summed E-state index contributed by atoms with van der Waals surface area (Å²) in [6.45, 7) is 7.02. The monoisotopic (exact) mass is 170 g/mol. The van der Waals surface area contributed by atoms with E-state index in [1.165, 1.54) is 0 Å². The van der Waals surface area contributed by atoms with Gasteiger partial charge in [-0.15, -0.1) is 0 Å². The molecule has 1 aliphatic rings. The zero-order valence-corrected chi connectivity index (χ0v) is 8.08. The Hall–Kier alpha value is -0.500. The van der Waals surface area contributed by atoms with Gasteiger partial charge in [0.1, 0.15) is 11.9 Å². The van der Waals surface area contributed by atoms with Crippen molar-refractivity contribution in [3.8, 4) is 0 Å². The second kappa shape index (κ2) is 3.94. The summed E-state index contributed by atoms with van der Waals surface area (Å²) < 4.78 is 5.30. The molecule has 1 N–H and O–H groups in total. The van der Waals surface area contributed by atoms with Crippen LogP contribution in [0, 0.1) is 11.8 Å². The Labute approximate surface area is 74.2 Å². The molecule has 0 aromatic heterocycles. The molecule has 0 aromatic rings. The first-order chi connectivity index (χ1) is 5.63. The smallest absolute Gasteiger partial charge is 0.121 e. The van der Waals surface area contributed by atoms with Crippen LogP contribution in [-0.4, -0.2) is 17.8 Å². The molecular formula is C10H18O2. The van der Waals surface area contributed by atoms with Gasteiger partial charge in [0.2, 0.25) is 0 Å². The van der Waals surface area contributed by atoms with Crippen molar-refractivity contribution in [3.05, 3.63) is 11.8 Å². The molecule has 0 radical (unpaired) electrons. The maximum absolute atomic E-state index is 9.79. The summed E-state index contributed by atoms with van der Waals surface area (Å²) in [5, 5.41) is 9.79. The van der Waals surface area contributed by atoms with E-state index in [0.717, 1.165) is 18.8 Å². The fourth-order valence-electron chi connectivity index (χ4n) is 1.27. The lowest BCUT2D eigenvalue weighted by Crippen LogP contribution is -2.24. The summed E-state index contributed by atoms with van der Waals surface area (Å²) in [6.07, 6.45) is 2.52. The molecular weight excluding hydrogens is 152 g/mol. The largest absolute Gasteiger partial charge is 0.495 e. The van der Waals surface area contributed by atoms with Crippen LogP contribution in [0.15, 0.2) is 11.8 Å². The molecule has 1 aliphatic heterocycles. The molecule has 0 aliphatic carbocycles. The third-order valence-electron chi connectivity index (χ3n) is 2.57. The first-order valence-electron chi connectivity index (χ1n) is 4.64. The van der Waals surface area contributed by atoms with Gasteiger partial charge in [-0.2, -0.15) is 0 Å². The Bertz CT molecular complexity index is 173. The average Bonchev–Trinajstić information content (AvgIpc) is 2.53. The molecule has 0 saturated heterocycles. The summed E-state index contributed by atoms with van der Waals surface area (Å²) in [7, 11) is 0. The van der Waals surface area contributed by atoms with Crippen LogP contribution < -0.4 is 0 Å². The van der Waals surface area contributed by atoms with Crippen molar-refractivity contribution in [3.63, 3.8) is 0 Å². The summed E-state index contributed by atoms with van der Waals surface area (Å²) in [4.78, 5) is 0. The standard InChI is InChI=1S/C10H18O2/c1-7(2)8(3)10(11)9-5-4-6-12-9/h5,7-8,10-11H,4,6H2,1-3H3. The van der Waals surface area contributed by atoms with Gasteiger partial charge in [0.25, 0.3) is 0 Å². The lowest BCUT2D eigenvalue weighted by molar-refractivity contribution is 0.0635. The van der Waals surface area contributed by atoms with E-state index in [9.17, 15) is 5.11 Å². The van der Waals surface area contributed by atoms with Crippen LogP contribution in [0.3, 0.4) is 0 Å². The Morgan fingerprint density at radius 1 is 1.42 bits per heavy atom. The predicted molar refractivity (Wildman–Crippen MR) is 48.7 cm³/mol. The highest BCUT2D eigenvalue weighted by molar-refractivity contribution is 5.05. The van der Waals surface area contributed by atoms with E-state index in [4.69, 9.17) is 4.74 Å². The summed E-state index contributed by atoms with van der Waals surface area (Å²) in [5.74, 6) is 1.54. The van der Waals surface area contributed by atoms with Crippen molar-refractivity contribution in [2.45, 2.75) is 33.3 Å². The van der Waals surface area contributed by atoms with Crippen LogP contribution in [0.5, 0.6) is 0 Å². The maximum atomic E-state index is 9.79. The fourth-order valence-corrected chi connectivity index (χ4v) is 1.27. The topological polar surface area (TPSA) is 29.5 Å². The molecule has 70 valence electrons. The molecule has 1 rings (SSSR count). The van der Waals surface area contributed by atoms with Gasteiger partial charge in [0, 0.05) is 6.42 Å². The zero-order chi connectivity index (χ0) is 9.14. The lowest BCUT2D eigenvalue weighted by Gasteiger charge is -2.22. The van der Waals surface area contributed by atoms with Gasteiger partial charge < -0.3 is 9.84 Å². The maximum Gasteiger partial charge on any atom is 0.121 e. The Morgan fingerprint density at radius 2 is 2.08 bits per heavy atom. The van der Waals surface area contributed by atoms with Crippen LogP contribution in [0.25, 0.3) is 0 Å². The molecule has 2 atom stereocenters. The van der Waals surface area contributed by atoms with Crippen molar-refractivity contribution in [2.75, 3.05) is 6.61 Å². The van der Waals surface area contributed by atoms with E-state index in [1.807, 2.05) is 6.08 Å². The summed E-state index contributed by atoms with van der Waals surface area (Å²) in [5.41, 5.74) is 0. The number of rotatable bonds is 3. The molecule has 2 heteroatoms. The average molecular weight is 170 g/mol. The van der Waals surface area contributed by atoms with E-state index in [-0.39, 0.29) is 5.92 Å². The zero-order valence-electron chi connectivity index (χ0n) is 8.08. The minimum absolute atomic E-state index is 0.273. The third kappa shape index (κ3) is 2.01. The number of ether oxygens (including phenoxy) is 1. The molecule has 0 spiro atoms. The summed E-state index contributed by atoms with van der Waals surface area (Å²) >= 11 is 0. The highest BCUT2D eigenvalue weighted by atomic mass is 16.5. The second-order valence-corrected chi connectivity index (χ2v) is 3.79. The molecule has 2 nitrogen and oxygen atoms in total. The van der Waals surface area contributed by atoms with Gasteiger partial charge in [-0.05, 0) is 17.9 Å². The fraction of sp³-hybridized carbons (Fsp3) is 0.800. The van der Waals surface area contributed by atoms with Crippen LogP contribution in [0.2, 0.25) is 0 Å². The van der Waals surface area contributed by atoms with E-state index in [0.29, 0.717) is 5.92 Å². The van der Waals surface area contributed by atoms with Gasteiger partial charge in [-0.1, -0.05) is 20.8 Å². The van der Waals surface area contributed by atoms with E-state index < -0.39 is 6.10 Å². The Kier molecular flexibility index (Phi) is 3.15. The normalized spacial score (nSPS) is 21.9. The third-order valence-corrected chi connectivity index (χ3v) is 2.57. The van der Waals surface area contributed by atoms with Crippen LogP contribution in [-0.2, 0) is 4.74 Å². The summed E-state index contributed by atoms with van der Waals surface area (Å²) in [6, 6.07) is 0. The molecule has 0 saturated carbocycles. The quantitative estimate of drug-likeness (QED) is 0.701.